The predicted molar refractivity (Wildman–Crippen MR) is 78.7 cm³/mol. The van der Waals surface area contributed by atoms with Crippen LogP contribution in [0.4, 0.5) is 0 Å². The molecule has 118 valence electrons. The molecular weight excluding hydrogens is 272 g/mol. The highest BCUT2D eigenvalue weighted by atomic mass is 16.5. The van der Waals surface area contributed by atoms with Gasteiger partial charge in [0.2, 0.25) is 0 Å². The molecule has 1 heterocycles. The molecule has 0 aliphatic carbocycles. The Bertz CT molecular complexity index is 489. The summed E-state index contributed by atoms with van der Waals surface area (Å²) in [5.74, 6) is 0.0356. The number of esters is 1. The molecule has 1 aromatic heterocycles. The number of pyridine rings is 1. The van der Waals surface area contributed by atoms with Crippen molar-refractivity contribution < 1.29 is 19.7 Å². The Balaban J connectivity index is 2.89. The summed E-state index contributed by atoms with van der Waals surface area (Å²) >= 11 is 0. The second-order valence-corrected chi connectivity index (χ2v) is 5.44. The van der Waals surface area contributed by atoms with Gasteiger partial charge in [-0.1, -0.05) is 13.8 Å². The number of hydrogen-bond acceptors (Lipinski definition) is 6. The van der Waals surface area contributed by atoms with E-state index in [1.165, 1.54) is 13.3 Å². The van der Waals surface area contributed by atoms with Crippen molar-refractivity contribution in [2.45, 2.75) is 46.4 Å². The van der Waals surface area contributed by atoms with Crippen molar-refractivity contribution in [3.05, 3.63) is 23.0 Å². The normalized spacial score (nSPS) is 12.5. The van der Waals surface area contributed by atoms with Crippen LogP contribution in [-0.2, 0) is 22.7 Å². The van der Waals surface area contributed by atoms with Crippen LogP contribution in [0.15, 0.2) is 6.20 Å². The Morgan fingerprint density at radius 2 is 2.14 bits per heavy atom. The van der Waals surface area contributed by atoms with Crippen molar-refractivity contribution in [3.8, 4) is 5.75 Å². The molecule has 0 radical (unpaired) electrons. The number of nitrogens with one attached hydrogen (secondary N) is 1. The molecule has 1 rings (SSSR count). The number of aliphatic hydroxyl groups excluding tert-OH is 1. The van der Waals surface area contributed by atoms with Crippen LogP contribution in [0, 0.1) is 12.8 Å². The molecule has 21 heavy (non-hydrogen) atoms. The molecule has 0 aliphatic rings. The average molecular weight is 296 g/mol. The van der Waals surface area contributed by atoms with Gasteiger partial charge in [0.1, 0.15) is 11.8 Å². The predicted octanol–water partition coefficient (Wildman–Crippen LogP) is 1.27. The average Bonchev–Trinajstić information content (AvgIpc) is 2.46. The molecule has 1 atom stereocenters. The first-order chi connectivity index (χ1) is 9.90. The Kier molecular flexibility index (Phi) is 6.58. The Hall–Kier alpha value is -1.66. The third kappa shape index (κ3) is 4.68. The van der Waals surface area contributed by atoms with Gasteiger partial charge in [-0.25, -0.2) is 0 Å². The van der Waals surface area contributed by atoms with Crippen LogP contribution < -0.4 is 5.32 Å². The molecule has 6 nitrogen and oxygen atoms in total. The standard InChI is InChI=1S/C15H24N2O4/c1-9(2)5-13(15(20)21-4)17-7-12-11(8-18)6-16-10(3)14(12)19/h6,9,13,17-19H,5,7-8H2,1-4H3. The van der Waals surface area contributed by atoms with Gasteiger partial charge in [-0.2, -0.15) is 0 Å². The summed E-state index contributed by atoms with van der Waals surface area (Å²) in [4.78, 5) is 15.8. The molecule has 1 unspecified atom stereocenters. The lowest BCUT2D eigenvalue weighted by Gasteiger charge is -2.20. The van der Waals surface area contributed by atoms with Crippen LogP contribution in [0.25, 0.3) is 0 Å². The monoisotopic (exact) mass is 296 g/mol. The molecule has 3 N–H and O–H groups in total. The number of aromatic nitrogens is 1. The van der Waals surface area contributed by atoms with E-state index in [2.05, 4.69) is 10.3 Å². The Morgan fingerprint density at radius 1 is 1.48 bits per heavy atom. The molecule has 0 aromatic carbocycles. The zero-order valence-electron chi connectivity index (χ0n) is 13.0. The van der Waals surface area contributed by atoms with Crippen molar-refractivity contribution in [1.82, 2.24) is 10.3 Å². The van der Waals surface area contributed by atoms with E-state index in [1.54, 1.807) is 6.92 Å². The maximum Gasteiger partial charge on any atom is 0.322 e. The molecule has 0 spiro atoms. The summed E-state index contributed by atoms with van der Waals surface area (Å²) in [5, 5.41) is 22.5. The minimum absolute atomic E-state index is 0.0437. The minimum Gasteiger partial charge on any atom is -0.506 e. The van der Waals surface area contributed by atoms with Gasteiger partial charge in [-0.3, -0.25) is 9.78 Å². The van der Waals surface area contributed by atoms with E-state index in [9.17, 15) is 15.0 Å². The van der Waals surface area contributed by atoms with Crippen molar-refractivity contribution in [2.24, 2.45) is 5.92 Å². The van der Waals surface area contributed by atoms with E-state index in [4.69, 9.17) is 4.74 Å². The SMILES string of the molecule is COC(=O)C(CC(C)C)NCc1c(CO)cnc(C)c1O. The van der Waals surface area contributed by atoms with Gasteiger partial charge in [0.05, 0.1) is 19.4 Å². The number of ether oxygens (including phenoxy) is 1. The number of aryl methyl sites for hydroxylation is 1. The second-order valence-electron chi connectivity index (χ2n) is 5.44. The number of aromatic hydroxyl groups is 1. The van der Waals surface area contributed by atoms with Gasteiger partial charge < -0.3 is 20.3 Å². The zero-order chi connectivity index (χ0) is 16.0. The highest BCUT2D eigenvalue weighted by Crippen LogP contribution is 2.24. The van der Waals surface area contributed by atoms with E-state index in [0.29, 0.717) is 29.2 Å². The molecule has 0 aliphatic heterocycles. The van der Waals surface area contributed by atoms with E-state index in [1.807, 2.05) is 13.8 Å². The lowest BCUT2D eigenvalue weighted by Crippen LogP contribution is -2.38. The lowest BCUT2D eigenvalue weighted by atomic mass is 10.0. The van der Waals surface area contributed by atoms with Crippen LogP contribution in [0.3, 0.4) is 0 Å². The van der Waals surface area contributed by atoms with Gasteiger partial charge in [0.25, 0.3) is 0 Å². The summed E-state index contributed by atoms with van der Waals surface area (Å²) in [5.41, 5.74) is 1.59. The van der Waals surface area contributed by atoms with E-state index in [0.717, 1.165) is 0 Å². The first-order valence-electron chi connectivity index (χ1n) is 6.99. The Labute approximate surface area is 125 Å². The molecule has 1 aromatic rings. The van der Waals surface area contributed by atoms with Crippen LogP contribution in [0.1, 0.15) is 37.1 Å². The number of carbonyl (C=O) groups excluding carboxylic acids is 1. The maximum atomic E-state index is 11.8. The van der Waals surface area contributed by atoms with E-state index < -0.39 is 6.04 Å². The van der Waals surface area contributed by atoms with Crippen molar-refractivity contribution in [2.75, 3.05) is 7.11 Å². The van der Waals surface area contributed by atoms with Gasteiger partial charge in [-0.05, 0) is 19.3 Å². The van der Waals surface area contributed by atoms with Gasteiger partial charge in [0.15, 0.2) is 0 Å². The summed E-state index contributed by atoms with van der Waals surface area (Å²) in [6.45, 7) is 5.77. The number of methoxy groups -OCH3 is 1. The third-order valence-electron chi connectivity index (χ3n) is 3.32. The van der Waals surface area contributed by atoms with Crippen molar-refractivity contribution in [3.63, 3.8) is 0 Å². The zero-order valence-corrected chi connectivity index (χ0v) is 13.0. The first-order valence-corrected chi connectivity index (χ1v) is 6.99. The third-order valence-corrected chi connectivity index (χ3v) is 3.32. The minimum atomic E-state index is -0.450. The first kappa shape index (κ1) is 17.4. The molecule has 0 fully saturated rings. The second kappa shape index (κ2) is 7.95. The number of rotatable bonds is 7. The summed E-state index contributed by atoms with van der Waals surface area (Å²) < 4.78 is 4.79. The van der Waals surface area contributed by atoms with Gasteiger partial charge in [-0.15, -0.1) is 0 Å². The topological polar surface area (TPSA) is 91.7 Å². The van der Waals surface area contributed by atoms with Crippen LogP contribution in [0.5, 0.6) is 5.75 Å². The number of nitrogens with zero attached hydrogens (tertiary/aromatic N) is 1. The number of carbonyl (C=O) groups is 1. The van der Waals surface area contributed by atoms with E-state index in [-0.39, 0.29) is 24.9 Å². The summed E-state index contributed by atoms with van der Waals surface area (Å²) in [6, 6.07) is -0.450. The molecule has 0 saturated heterocycles. The van der Waals surface area contributed by atoms with Crippen molar-refractivity contribution >= 4 is 5.97 Å². The smallest absolute Gasteiger partial charge is 0.322 e. The fourth-order valence-electron chi connectivity index (χ4n) is 2.12. The number of aliphatic hydroxyl groups is 1. The van der Waals surface area contributed by atoms with Crippen LogP contribution >= 0.6 is 0 Å². The quantitative estimate of drug-likeness (QED) is 0.656. The molecule has 0 amide bonds. The fraction of sp³-hybridized carbons (Fsp3) is 0.600. The fourth-order valence-corrected chi connectivity index (χ4v) is 2.12. The highest BCUT2D eigenvalue weighted by Gasteiger charge is 2.21. The highest BCUT2D eigenvalue weighted by molar-refractivity contribution is 5.75. The van der Waals surface area contributed by atoms with Gasteiger partial charge >= 0.3 is 5.97 Å². The molecule has 0 bridgehead atoms. The van der Waals surface area contributed by atoms with Crippen molar-refractivity contribution in [1.29, 1.82) is 0 Å². The lowest BCUT2D eigenvalue weighted by molar-refractivity contribution is -0.143. The van der Waals surface area contributed by atoms with Crippen LogP contribution in [0.2, 0.25) is 0 Å². The summed E-state index contributed by atoms with van der Waals surface area (Å²) in [7, 11) is 1.35. The molecule has 6 heteroatoms. The van der Waals surface area contributed by atoms with Crippen LogP contribution in [-0.4, -0.2) is 34.3 Å². The largest absolute Gasteiger partial charge is 0.506 e. The Morgan fingerprint density at radius 3 is 2.67 bits per heavy atom. The molecular formula is C15H24N2O4. The summed E-state index contributed by atoms with van der Waals surface area (Å²) in [6.07, 6.45) is 2.16. The maximum absolute atomic E-state index is 11.8. The molecule has 0 saturated carbocycles. The van der Waals surface area contributed by atoms with Gasteiger partial charge in [0, 0.05) is 23.9 Å². The van der Waals surface area contributed by atoms with E-state index >= 15 is 0 Å². The number of hydrogen-bond donors (Lipinski definition) is 3.